The van der Waals surface area contributed by atoms with E-state index in [1.807, 2.05) is 0 Å². The van der Waals surface area contributed by atoms with Gasteiger partial charge in [0.2, 0.25) is 0 Å². The third-order valence-corrected chi connectivity index (χ3v) is 6.53. The number of hydrogen-bond acceptors (Lipinski definition) is 6. The molecule has 1 heterocycles. The minimum Gasteiger partial charge on any atom is -0.482 e. The van der Waals surface area contributed by atoms with Gasteiger partial charge < -0.3 is 30.7 Å². The number of ether oxygens (including phenoxy) is 2. The van der Waals surface area contributed by atoms with E-state index >= 15 is 0 Å². The van der Waals surface area contributed by atoms with Gasteiger partial charge in [-0.3, -0.25) is 9.59 Å². The van der Waals surface area contributed by atoms with E-state index in [1.165, 1.54) is 18.2 Å². The van der Waals surface area contributed by atoms with Crippen LogP contribution in [0, 0.1) is 11.2 Å². The van der Waals surface area contributed by atoms with Crippen LogP contribution >= 0.6 is 11.6 Å². The van der Waals surface area contributed by atoms with E-state index in [4.69, 9.17) is 26.8 Å². The van der Waals surface area contributed by atoms with Gasteiger partial charge in [-0.25, -0.2) is 9.18 Å². The van der Waals surface area contributed by atoms with E-state index in [2.05, 4.69) is 10.6 Å². The molecule has 2 aromatic rings. The second-order valence-corrected chi connectivity index (χ2v) is 9.45. The van der Waals surface area contributed by atoms with Gasteiger partial charge in [-0.1, -0.05) is 23.7 Å². The maximum Gasteiger partial charge on any atom is 0.319 e. The highest BCUT2D eigenvalue weighted by Gasteiger charge is 2.36. The van der Waals surface area contributed by atoms with Gasteiger partial charge in [0.25, 0.3) is 5.91 Å². The topological polar surface area (TPSA) is 123 Å². The predicted octanol–water partition coefficient (Wildman–Crippen LogP) is 3.35. The number of primary amides is 1. The first kappa shape index (κ1) is 28.2. The monoisotopic (exact) mass is 534 g/mol. The molecule has 0 unspecified atom stereocenters. The van der Waals surface area contributed by atoms with Crippen LogP contribution in [0.2, 0.25) is 5.02 Å². The number of halogens is 2. The molecule has 3 amide bonds. The van der Waals surface area contributed by atoms with Crippen molar-refractivity contribution in [3.63, 3.8) is 0 Å². The number of esters is 1. The molecule has 1 saturated heterocycles. The molecule has 0 saturated carbocycles. The van der Waals surface area contributed by atoms with E-state index in [-0.39, 0.29) is 47.7 Å². The number of amides is 3. The maximum atomic E-state index is 13.4. The molecule has 0 aromatic heterocycles. The van der Waals surface area contributed by atoms with Gasteiger partial charge in [0, 0.05) is 24.7 Å². The van der Waals surface area contributed by atoms with Crippen LogP contribution in [0.3, 0.4) is 0 Å². The number of benzene rings is 2. The summed E-state index contributed by atoms with van der Waals surface area (Å²) < 4.78 is 24.1. The average molecular weight is 535 g/mol. The highest BCUT2D eigenvalue weighted by Crippen LogP contribution is 2.35. The molecule has 0 spiro atoms. The van der Waals surface area contributed by atoms with E-state index in [0.29, 0.717) is 50.5 Å². The smallest absolute Gasteiger partial charge is 0.319 e. The molecule has 11 heteroatoms. The summed E-state index contributed by atoms with van der Waals surface area (Å²) in [6.07, 6.45) is 2.04. The van der Waals surface area contributed by atoms with Crippen LogP contribution in [0.15, 0.2) is 42.5 Å². The molecule has 3 rings (SSSR count). The molecule has 0 aliphatic carbocycles. The Morgan fingerprint density at radius 3 is 2.49 bits per heavy atom. The van der Waals surface area contributed by atoms with Gasteiger partial charge in [-0.05, 0) is 67.5 Å². The van der Waals surface area contributed by atoms with Crippen molar-refractivity contribution in [2.75, 3.05) is 44.7 Å². The number of nitrogens with one attached hydrogen (secondary N) is 2. The van der Waals surface area contributed by atoms with Crippen LogP contribution < -0.4 is 21.1 Å². The Balaban J connectivity index is 1.61. The lowest BCUT2D eigenvalue weighted by atomic mass is 9.73. The van der Waals surface area contributed by atoms with Crippen LogP contribution in [0.4, 0.5) is 14.9 Å². The van der Waals surface area contributed by atoms with Crippen molar-refractivity contribution in [2.45, 2.75) is 26.2 Å². The lowest BCUT2D eigenvalue weighted by Crippen LogP contribution is -2.49. The van der Waals surface area contributed by atoms with Crippen molar-refractivity contribution in [2.24, 2.45) is 11.1 Å². The number of urea groups is 1. The standard InChI is InChI=1S/C26H32ClFN4O5/c1-2-36-24(34)15-30-17-26(14-18-3-6-20(28)7-4-18)9-11-32(12-10-26)23(33)16-37-22-8-5-19(27)13-21(22)31-25(29)35/h3-8,13,30H,2,9-12,14-17H2,1H3,(H3,29,31,35). The van der Waals surface area contributed by atoms with Crippen molar-refractivity contribution < 1.29 is 28.2 Å². The number of rotatable bonds is 11. The lowest BCUT2D eigenvalue weighted by molar-refractivity contribution is -0.142. The normalized spacial score (nSPS) is 14.6. The highest BCUT2D eigenvalue weighted by atomic mass is 35.5. The summed E-state index contributed by atoms with van der Waals surface area (Å²) >= 11 is 5.97. The van der Waals surface area contributed by atoms with Crippen LogP contribution in [0.1, 0.15) is 25.3 Å². The first-order chi connectivity index (χ1) is 17.7. The third kappa shape index (κ3) is 8.61. The Morgan fingerprint density at radius 2 is 1.84 bits per heavy atom. The summed E-state index contributed by atoms with van der Waals surface area (Å²) in [6.45, 7) is 3.49. The number of carbonyl (C=O) groups excluding carboxylic acids is 3. The largest absolute Gasteiger partial charge is 0.482 e. The molecule has 1 aliphatic rings. The molecule has 0 atom stereocenters. The molecule has 4 N–H and O–H groups in total. The summed E-state index contributed by atoms with van der Waals surface area (Å²) in [6, 6.07) is 10.2. The summed E-state index contributed by atoms with van der Waals surface area (Å²) in [5, 5.41) is 6.01. The number of nitrogens with zero attached hydrogens (tertiary/aromatic N) is 1. The van der Waals surface area contributed by atoms with Gasteiger partial charge in [0.15, 0.2) is 6.61 Å². The molecular weight excluding hydrogens is 503 g/mol. The summed E-state index contributed by atoms with van der Waals surface area (Å²) in [7, 11) is 0. The second kappa shape index (κ2) is 13.3. The predicted molar refractivity (Wildman–Crippen MR) is 138 cm³/mol. The van der Waals surface area contributed by atoms with Gasteiger partial charge >= 0.3 is 12.0 Å². The first-order valence-corrected chi connectivity index (χ1v) is 12.4. The van der Waals surface area contributed by atoms with Crippen LogP contribution in [0.5, 0.6) is 5.75 Å². The zero-order valence-electron chi connectivity index (χ0n) is 20.7. The Morgan fingerprint density at radius 1 is 1.14 bits per heavy atom. The summed E-state index contributed by atoms with van der Waals surface area (Å²) in [5.41, 5.74) is 6.23. The summed E-state index contributed by atoms with van der Waals surface area (Å²) in [4.78, 5) is 37.7. The Bertz CT molecular complexity index is 1090. The molecule has 1 aliphatic heterocycles. The SMILES string of the molecule is CCOC(=O)CNCC1(Cc2ccc(F)cc2)CCN(C(=O)COc2ccc(Cl)cc2NC(N)=O)CC1. The van der Waals surface area contributed by atoms with Crippen LogP contribution in [-0.2, 0) is 20.7 Å². The molecule has 1 fully saturated rings. The fraction of sp³-hybridized carbons (Fsp3) is 0.423. The Kier molecular flexibility index (Phi) is 10.1. The fourth-order valence-corrected chi connectivity index (χ4v) is 4.58. The van der Waals surface area contributed by atoms with E-state index < -0.39 is 6.03 Å². The fourth-order valence-electron chi connectivity index (χ4n) is 4.41. The zero-order chi connectivity index (χ0) is 26.8. The molecule has 0 radical (unpaired) electrons. The molecule has 9 nitrogen and oxygen atoms in total. The van der Waals surface area contributed by atoms with E-state index in [9.17, 15) is 18.8 Å². The minimum atomic E-state index is -0.775. The van der Waals surface area contributed by atoms with Crippen molar-refractivity contribution in [1.82, 2.24) is 10.2 Å². The van der Waals surface area contributed by atoms with Crippen molar-refractivity contribution >= 4 is 35.2 Å². The molecular formula is C26H32ClFN4O5. The maximum absolute atomic E-state index is 13.4. The van der Waals surface area contributed by atoms with Crippen LogP contribution in [-0.4, -0.2) is 62.2 Å². The van der Waals surface area contributed by atoms with Gasteiger partial charge in [-0.15, -0.1) is 0 Å². The van der Waals surface area contributed by atoms with Crippen molar-refractivity contribution in [1.29, 1.82) is 0 Å². The van der Waals surface area contributed by atoms with Gasteiger partial charge in [-0.2, -0.15) is 0 Å². The first-order valence-electron chi connectivity index (χ1n) is 12.1. The van der Waals surface area contributed by atoms with E-state index in [0.717, 1.165) is 5.56 Å². The number of hydrogen-bond donors (Lipinski definition) is 3. The molecule has 200 valence electrons. The zero-order valence-corrected chi connectivity index (χ0v) is 21.5. The number of nitrogens with two attached hydrogens (primary N) is 1. The van der Waals surface area contributed by atoms with Gasteiger partial charge in [0.05, 0.1) is 18.8 Å². The number of likely N-dealkylation sites (tertiary alicyclic amines) is 1. The average Bonchev–Trinajstić information content (AvgIpc) is 2.85. The molecule has 37 heavy (non-hydrogen) atoms. The van der Waals surface area contributed by atoms with E-state index in [1.54, 1.807) is 36.1 Å². The third-order valence-electron chi connectivity index (χ3n) is 6.29. The quantitative estimate of drug-likeness (QED) is 0.380. The van der Waals surface area contributed by atoms with Crippen molar-refractivity contribution in [3.05, 3.63) is 58.9 Å². The number of anilines is 1. The summed E-state index contributed by atoms with van der Waals surface area (Å²) in [5.74, 6) is -0.540. The molecule has 2 aromatic carbocycles. The lowest BCUT2D eigenvalue weighted by Gasteiger charge is -2.42. The second-order valence-electron chi connectivity index (χ2n) is 9.01. The Labute approximate surface area is 220 Å². The number of carbonyl (C=O) groups is 3. The van der Waals surface area contributed by atoms with Crippen LogP contribution in [0.25, 0.3) is 0 Å². The minimum absolute atomic E-state index is 0.0955. The van der Waals surface area contributed by atoms with Crippen molar-refractivity contribution in [3.8, 4) is 5.75 Å². The number of piperidine rings is 1. The highest BCUT2D eigenvalue weighted by molar-refractivity contribution is 6.31. The Hall–Kier alpha value is -3.37. The van der Waals surface area contributed by atoms with Gasteiger partial charge in [0.1, 0.15) is 11.6 Å². The molecule has 0 bridgehead atoms.